The Hall–Kier alpha value is -3.02. The van der Waals surface area contributed by atoms with Gasteiger partial charge in [-0.2, -0.15) is 10.1 Å². The maximum atomic E-state index is 4.48. The highest BCUT2D eigenvalue weighted by atomic mass is 15.3. The predicted octanol–water partition coefficient (Wildman–Crippen LogP) is 3.49. The van der Waals surface area contributed by atoms with Gasteiger partial charge in [0.25, 0.3) is 0 Å². The van der Waals surface area contributed by atoms with Gasteiger partial charge in [0.1, 0.15) is 0 Å². The van der Waals surface area contributed by atoms with Crippen LogP contribution in [0.25, 0.3) is 0 Å². The van der Waals surface area contributed by atoms with Gasteiger partial charge in [0.2, 0.25) is 5.95 Å². The molecule has 0 bridgehead atoms. The fourth-order valence-electron chi connectivity index (χ4n) is 2.44. The maximum absolute atomic E-state index is 4.48. The summed E-state index contributed by atoms with van der Waals surface area (Å²) in [5.74, 6) is 1.13. The van der Waals surface area contributed by atoms with Crippen LogP contribution in [0.1, 0.15) is 23.7 Å². The smallest absolute Gasteiger partial charge is 0.249 e. The molecular weight excluding hydrogens is 300 g/mol. The van der Waals surface area contributed by atoms with E-state index in [2.05, 4.69) is 62.8 Å². The van der Waals surface area contributed by atoms with Crippen molar-refractivity contribution in [3.05, 3.63) is 65.6 Å². The topological polar surface area (TPSA) is 75.6 Å². The number of hydrogen-bond donors (Lipinski definition) is 2. The number of aryl methyl sites for hydroxylation is 2. The maximum Gasteiger partial charge on any atom is 0.249 e. The second-order valence-corrected chi connectivity index (χ2v) is 5.43. The number of nitrogens with zero attached hydrogens (tertiary/aromatic N) is 4. The minimum absolute atomic E-state index is 0.477. The molecule has 6 heteroatoms. The standard InChI is InChI=1S/C18H20N6/c1-3-14-8-6-7-13(2)17(14)23-18-22-16(12-21-24-18)20-11-15-9-4-5-10-19-15/h4-10,12H,3,11H2,1-2H3,(H2,20,22,23,24). The Morgan fingerprint density at radius 1 is 1.08 bits per heavy atom. The number of anilines is 3. The lowest BCUT2D eigenvalue weighted by Crippen LogP contribution is -2.07. The van der Waals surface area contributed by atoms with Gasteiger partial charge in [-0.1, -0.05) is 31.2 Å². The van der Waals surface area contributed by atoms with Gasteiger partial charge in [-0.25, -0.2) is 0 Å². The molecule has 0 unspecified atom stereocenters. The van der Waals surface area contributed by atoms with Gasteiger partial charge >= 0.3 is 0 Å². The quantitative estimate of drug-likeness (QED) is 0.724. The van der Waals surface area contributed by atoms with Gasteiger partial charge in [0.05, 0.1) is 18.4 Å². The van der Waals surface area contributed by atoms with Crippen molar-refractivity contribution in [2.24, 2.45) is 0 Å². The molecule has 0 fully saturated rings. The van der Waals surface area contributed by atoms with Gasteiger partial charge in [-0.15, -0.1) is 5.10 Å². The number of rotatable bonds is 6. The summed E-state index contributed by atoms with van der Waals surface area (Å²) in [7, 11) is 0. The van der Waals surface area contributed by atoms with Crippen LogP contribution in [0.4, 0.5) is 17.5 Å². The molecule has 3 aromatic rings. The molecule has 0 amide bonds. The third kappa shape index (κ3) is 3.84. The fraction of sp³-hybridized carbons (Fsp3) is 0.222. The number of nitrogens with one attached hydrogen (secondary N) is 2. The van der Waals surface area contributed by atoms with Crippen LogP contribution in [-0.4, -0.2) is 20.2 Å². The molecule has 2 heterocycles. The number of hydrogen-bond acceptors (Lipinski definition) is 6. The van der Waals surface area contributed by atoms with E-state index < -0.39 is 0 Å². The van der Waals surface area contributed by atoms with Gasteiger partial charge < -0.3 is 10.6 Å². The summed E-state index contributed by atoms with van der Waals surface area (Å²) in [6, 6.07) is 12.0. The Morgan fingerprint density at radius 2 is 2.00 bits per heavy atom. The zero-order valence-electron chi connectivity index (χ0n) is 13.8. The summed E-state index contributed by atoms with van der Waals surface area (Å²) in [6.45, 7) is 4.78. The lowest BCUT2D eigenvalue weighted by molar-refractivity contribution is 0.953. The second kappa shape index (κ2) is 7.50. The minimum Gasteiger partial charge on any atom is -0.363 e. The first-order valence-corrected chi connectivity index (χ1v) is 7.95. The minimum atomic E-state index is 0.477. The molecule has 0 aliphatic rings. The molecule has 0 aliphatic carbocycles. The molecule has 2 aromatic heterocycles. The summed E-state index contributed by atoms with van der Waals surface area (Å²) in [5, 5.41) is 14.6. The summed E-state index contributed by atoms with van der Waals surface area (Å²) >= 11 is 0. The second-order valence-electron chi connectivity index (χ2n) is 5.43. The molecule has 1 aromatic carbocycles. The van der Waals surface area contributed by atoms with Crippen molar-refractivity contribution in [1.82, 2.24) is 20.2 Å². The fourth-order valence-corrected chi connectivity index (χ4v) is 2.44. The molecule has 0 radical (unpaired) electrons. The first-order valence-electron chi connectivity index (χ1n) is 7.95. The molecule has 0 aliphatic heterocycles. The molecule has 122 valence electrons. The van der Waals surface area contributed by atoms with Crippen LogP contribution in [0, 0.1) is 6.92 Å². The highest BCUT2D eigenvalue weighted by Gasteiger charge is 2.07. The largest absolute Gasteiger partial charge is 0.363 e. The van der Waals surface area contributed by atoms with E-state index in [4.69, 9.17) is 0 Å². The number of para-hydroxylation sites is 1. The highest BCUT2D eigenvalue weighted by molar-refractivity contribution is 5.63. The predicted molar refractivity (Wildman–Crippen MR) is 95.2 cm³/mol. The van der Waals surface area contributed by atoms with Crippen LogP contribution in [-0.2, 0) is 13.0 Å². The van der Waals surface area contributed by atoms with E-state index in [0.29, 0.717) is 18.3 Å². The van der Waals surface area contributed by atoms with Gasteiger partial charge in [0.15, 0.2) is 5.82 Å². The van der Waals surface area contributed by atoms with Crippen LogP contribution in [0.3, 0.4) is 0 Å². The average Bonchev–Trinajstić information content (AvgIpc) is 2.63. The Kier molecular flexibility index (Phi) is 4.96. The third-order valence-corrected chi connectivity index (χ3v) is 3.71. The van der Waals surface area contributed by atoms with Crippen LogP contribution in [0.15, 0.2) is 48.8 Å². The van der Waals surface area contributed by atoms with E-state index >= 15 is 0 Å². The summed E-state index contributed by atoms with van der Waals surface area (Å²) in [4.78, 5) is 8.75. The number of benzene rings is 1. The van der Waals surface area contributed by atoms with Gasteiger partial charge in [-0.05, 0) is 36.6 Å². The zero-order chi connectivity index (χ0) is 16.8. The Morgan fingerprint density at radius 3 is 2.79 bits per heavy atom. The zero-order valence-corrected chi connectivity index (χ0v) is 13.8. The van der Waals surface area contributed by atoms with E-state index in [9.17, 15) is 0 Å². The molecule has 6 nitrogen and oxygen atoms in total. The molecule has 0 atom stereocenters. The van der Waals surface area contributed by atoms with Crippen LogP contribution >= 0.6 is 0 Å². The summed E-state index contributed by atoms with van der Waals surface area (Å²) in [5.41, 5.74) is 4.37. The number of aromatic nitrogens is 4. The molecule has 0 saturated carbocycles. The molecule has 3 rings (SSSR count). The van der Waals surface area contributed by atoms with Gasteiger partial charge in [-0.3, -0.25) is 4.98 Å². The van der Waals surface area contributed by atoms with Crippen molar-refractivity contribution < 1.29 is 0 Å². The monoisotopic (exact) mass is 320 g/mol. The summed E-state index contributed by atoms with van der Waals surface area (Å²) in [6.07, 6.45) is 4.31. The Labute approximate surface area is 141 Å². The van der Waals surface area contributed by atoms with E-state index in [-0.39, 0.29) is 0 Å². The first-order chi connectivity index (χ1) is 11.8. The Bertz CT molecular complexity index is 804. The SMILES string of the molecule is CCc1cccc(C)c1Nc1nncc(NCc2ccccn2)n1. The van der Waals surface area contributed by atoms with E-state index in [1.165, 1.54) is 5.56 Å². The van der Waals surface area contributed by atoms with Crippen molar-refractivity contribution in [3.63, 3.8) is 0 Å². The van der Waals surface area contributed by atoms with Crippen LogP contribution < -0.4 is 10.6 Å². The summed E-state index contributed by atoms with van der Waals surface area (Å²) < 4.78 is 0. The van der Waals surface area contributed by atoms with E-state index in [1.807, 2.05) is 18.2 Å². The lowest BCUT2D eigenvalue weighted by Gasteiger charge is -2.13. The van der Waals surface area contributed by atoms with Crippen molar-refractivity contribution >= 4 is 17.5 Å². The van der Waals surface area contributed by atoms with Crippen molar-refractivity contribution in [2.45, 2.75) is 26.8 Å². The number of pyridine rings is 1. The highest BCUT2D eigenvalue weighted by Crippen LogP contribution is 2.23. The Balaban J connectivity index is 1.74. The average molecular weight is 320 g/mol. The molecule has 0 saturated heterocycles. The third-order valence-electron chi connectivity index (χ3n) is 3.71. The van der Waals surface area contributed by atoms with Crippen molar-refractivity contribution in [3.8, 4) is 0 Å². The first kappa shape index (κ1) is 15.9. The molecule has 0 spiro atoms. The van der Waals surface area contributed by atoms with E-state index in [1.54, 1.807) is 12.4 Å². The van der Waals surface area contributed by atoms with Crippen molar-refractivity contribution in [1.29, 1.82) is 0 Å². The van der Waals surface area contributed by atoms with Gasteiger partial charge in [0, 0.05) is 11.9 Å². The van der Waals surface area contributed by atoms with Crippen LogP contribution in [0.2, 0.25) is 0 Å². The normalized spacial score (nSPS) is 10.4. The molecule has 2 N–H and O–H groups in total. The molecular formula is C18H20N6. The lowest BCUT2D eigenvalue weighted by atomic mass is 10.1. The van der Waals surface area contributed by atoms with Crippen molar-refractivity contribution in [2.75, 3.05) is 10.6 Å². The molecule has 24 heavy (non-hydrogen) atoms. The van der Waals surface area contributed by atoms with E-state index in [0.717, 1.165) is 23.4 Å². The van der Waals surface area contributed by atoms with Crippen LogP contribution in [0.5, 0.6) is 0 Å².